The largest absolute Gasteiger partial charge is 0.466 e. The number of fused-ring (bicyclic) bond motifs is 3. The summed E-state index contributed by atoms with van der Waals surface area (Å²) in [5.41, 5.74) is 2.15. The van der Waals surface area contributed by atoms with E-state index in [0.717, 1.165) is 24.8 Å². The molecule has 2 aliphatic carbocycles. The molecule has 3 nitrogen and oxygen atoms in total. The number of rotatable bonds is 2. The Kier molecular flexibility index (Phi) is 3.31. The van der Waals surface area contributed by atoms with E-state index >= 15 is 0 Å². The molecule has 0 bridgehead atoms. The number of esters is 1. The maximum absolute atomic E-state index is 12.2. The third-order valence-corrected chi connectivity index (χ3v) is 4.64. The predicted octanol–water partition coefficient (Wildman–Crippen LogP) is 2.80. The summed E-state index contributed by atoms with van der Waals surface area (Å²) in [7, 11) is 0. The van der Waals surface area contributed by atoms with Crippen molar-refractivity contribution in [1.82, 2.24) is 0 Å². The summed E-state index contributed by atoms with van der Waals surface area (Å²) in [5, 5.41) is 10.6. The average molecular weight is 260 g/mol. The summed E-state index contributed by atoms with van der Waals surface area (Å²) in [6.07, 6.45) is 2.55. The van der Waals surface area contributed by atoms with Gasteiger partial charge in [-0.2, -0.15) is 0 Å². The van der Waals surface area contributed by atoms with Gasteiger partial charge in [0.1, 0.15) is 0 Å². The van der Waals surface area contributed by atoms with Gasteiger partial charge in [-0.3, -0.25) is 4.79 Å². The maximum Gasteiger partial charge on any atom is 0.312 e. The number of ether oxygens (including phenoxy) is 1. The van der Waals surface area contributed by atoms with E-state index in [1.165, 1.54) is 5.56 Å². The summed E-state index contributed by atoms with van der Waals surface area (Å²) in [5.74, 6) is 0.0294. The van der Waals surface area contributed by atoms with E-state index < -0.39 is 6.10 Å². The number of carbonyl (C=O) groups is 1. The van der Waals surface area contributed by atoms with Crippen molar-refractivity contribution in [3.63, 3.8) is 0 Å². The van der Waals surface area contributed by atoms with Crippen molar-refractivity contribution in [2.75, 3.05) is 6.61 Å². The fourth-order valence-electron chi connectivity index (χ4n) is 3.89. The van der Waals surface area contributed by atoms with Crippen molar-refractivity contribution in [2.24, 2.45) is 11.8 Å². The maximum atomic E-state index is 12.2. The number of hydrogen-bond acceptors (Lipinski definition) is 3. The second-order valence-corrected chi connectivity index (χ2v) is 5.55. The first-order valence-corrected chi connectivity index (χ1v) is 7.17. The topological polar surface area (TPSA) is 46.5 Å². The third kappa shape index (κ3) is 1.96. The number of aliphatic hydroxyl groups is 1. The Balaban J connectivity index is 2.01. The molecule has 2 aliphatic rings. The summed E-state index contributed by atoms with van der Waals surface area (Å²) in [6.45, 7) is 2.19. The fraction of sp³-hybridized carbons (Fsp3) is 0.562. The van der Waals surface area contributed by atoms with Crippen molar-refractivity contribution in [1.29, 1.82) is 0 Å². The molecular weight excluding hydrogens is 240 g/mol. The molecule has 1 N–H and O–H groups in total. The van der Waals surface area contributed by atoms with E-state index in [1.54, 1.807) is 0 Å². The molecule has 0 spiro atoms. The zero-order chi connectivity index (χ0) is 13.4. The molecule has 19 heavy (non-hydrogen) atoms. The first kappa shape index (κ1) is 12.7. The summed E-state index contributed by atoms with van der Waals surface area (Å²) < 4.78 is 5.18. The minimum atomic E-state index is -0.713. The smallest absolute Gasteiger partial charge is 0.312 e. The van der Waals surface area contributed by atoms with E-state index in [9.17, 15) is 9.90 Å². The van der Waals surface area contributed by atoms with Crippen LogP contribution in [0.25, 0.3) is 0 Å². The van der Waals surface area contributed by atoms with E-state index in [1.807, 2.05) is 25.1 Å². The number of carbonyl (C=O) groups excluding carboxylic acids is 1. The lowest BCUT2D eigenvalue weighted by atomic mass is 9.69. The molecule has 0 aliphatic heterocycles. The molecule has 0 amide bonds. The second-order valence-electron chi connectivity index (χ2n) is 5.55. The quantitative estimate of drug-likeness (QED) is 0.832. The van der Waals surface area contributed by atoms with Crippen LogP contribution in [0.15, 0.2) is 24.3 Å². The van der Waals surface area contributed by atoms with Crippen LogP contribution in [0.4, 0.5) is 0 Å². The van der Waals surface area contributed by atoms with Gasteiger partial charge in [-0.05, 0) is 42.7 Å². The average Bonchev–Trinajstić information content (AvgIpc) is 2.88. The highest BCUT2D eigenvalue weighted by molar-refractivity contribution is 5.75. The SMILES string of the molecule is CCOC(=O)[C@@H]1[C@H]2CCC[C@@H]2c2ccccc2[C@@H]1O. The zero-order valence-corrected chi connectivity index (χ0v) is 11.2. The fourth-order valence-corrected chi connectivity index (χ4v) is 3.89. The van der Waals surface area contributed by atoms with E-state index in [2.05, 4.69) is 6.07 Å². The van der Waals surface area contributed by atoms with Gasteiger partial charge in [-0.25, -0.2) is 0 Å². The zero-order valence-electron chi connectivity index (χ0n) is 11.2. The molecule has 1 fully saturated rings. The van der Waals surface area contributed by atoms with Crippen molar-refractivity contribution in [2.45, 2.75) is 38.2 Å². The van der Waals surface area contributed by atoms with Gasteiger partial charge in [-0.15, -0.1) is 0 Å². The lowest BCUT2D eigenvalue weighted by Gasteiger charge is -2.37. The molecule has 102 valence electrons. The van der Waals surface area contributed by atoms with E-state index in [-0.39, 0.29) is 17.8 Å². The van der Waals surface area contributed by atoms with Crippen LogP contribution in [0.5, 0.6) is 0 Å². The Morgan fingerprint density at radius 1 is 1.32 bits per heavy atom. The van der Waals surface area contributed by atoms with Crippen LogP contribution < -0.4 is 0 Å². The molecule has 0 radical (unpaired) electrons. The van der Waals surface area contributed by atoms with Gasteiger partial charge in [-0.1, -0.05) is 30.7 Å². The highest BCUT2D eigenvalue weighted by atomic mass is 16.5. The standard InChI is InChI=1S/C16H20O3/c1-2-19-16(18)14-12-9-5-8-10(12)11-6-3-4-7-13(11)15(14)17/h3-4,6-7,10,12,14-15,17H,2,5,8-9H2,1H3/t10-,12+,14-,15+/m1/s1. The van der Waals surface area contributed by atoms with Gasteiger partial charge in [0, 0.05) is 0 Å². The summed E-state index contributed by atoms with van der Waals surface area (Å²) in [4.78, 5) is 12.2. The number of benzene rings is 1. The van der Waals surface area contributed by atoms with Crippen LogP contribution in [0, 0.1) is 11.8 Å². The van der Waals surface area contributed by atoms with Crippen LogP contribution in [0.2, 0.25) is 0 Å². The molecular formula is C16H20O3. The van der Waals surface area contributed by atoms with Gasteiger partial charge >= 0.3 is 5.97 Å². The summed E-state index contributed by atoms with van der Waals surface area (Å²) in [6, 6.07) is 7.99. The molecule has 0 saturated heterocycles. The monoisotopic (exact) mass is 260 g/mol. The van der Waals surface area contributed by atoms with Crippen molar-refractivity contribution < 1.29 is 14.6 Å². The highest BCUT2D eigenvalue weighted by Gasteiger charge is 2.48. The van der Waals surface area contributed by atoms with Gasteiger partial charge < -0.3 is 9.84 Å². The molecule has 1 aromatic carbocycles. The van der Waals surface area contributed by atoms with Crippen molar-refractivity contribution >= 4 is 5.97 Å². The molecule has 1 aromatic rings. The lowest BCUT2D eigenvalue weighted by Crippen LogP contribution is -2.37. The Hall–Kier alpha value is -1.35. The van der Waals surface area contributed by atoms with Crippen molar-refractivity contribution in [3.05, 3.63) is 35.4 Å². The molecule has 0 heterocycles. The first-order chi connectivity index (χ1) is 9.24. The minimum Gasteiger partial charge on any atom is -0.466 e. The van der Waals surface area contributed by atoms with Crippen LogP contribution in [0.1, 0.15) is 49.3 Å². The lowest BCUT2D eigenvalue weighted by molar-refractivity contribution is -0.156. The number of aliphatic hydroxyl groups excluding tert-OH is 1. The highest BCUT2D eigenvalue weighted by Crippen LogP contribution is 2.53. The van der Waals surface area contributed by atoms with Gasteiger partial charge in [0.15, 0.2) is 0 Å². The van der Waals surface area contributed by atoms with Crippen LogP contribution >= 0.6 is 0 Å². The second kappa shape index (κ2) is 4.97. The van der Waals surface area contributed by atoms with Gasteiger partial charge in [0.05, 0.1) is 18.6 Å². The Bertz CT molecular complexity index is 483. The first-order valence-electron chi connectivity index (χ1n) is 7.17. The molecule has 0 unspecified atom stereocenters. The van der Waals surface area contributed by atoms with Crippen LogP contribution in [-0.2, 0) is 9.53 Å². The Morgan fingerprint density at radius 3 is 2.79 bits per heavy atom. The molecule has 4 atom stereocenters. The van der Waals surface area contributed by atoms with Gasteiger partial charge in [0.2, 0.25) is 0 Å². The van der Waals surface area contributed by atoms with Crippen molar-refractivity contribution in [3.8, 4) is 0 Å². The molecule has 1 saturated carbocycles. The summed E-state index contributed by atoms with van der Waals surface area (Å²) >= 11 is 0. The molecule has 3 rings (SSSR count). The minimum absolute atomic E-state index is 0.235. The van der Waals surface area contributed by atoms with E-state index in [4.69, 9.17) is 4.74 Å². The Labute approximate surface area is 113 Å². The normalized spacial score (nSPS) is 32.5. The van der Waals surface area contributed by atoms with Gasteiger partial charge in [0.25, 0.3) is 0 Å². The van der Waals surface area contributed by atoms with Crippen LogP contribution in [0.3, 0.4) is 0 Å². The van der Waals surface area contributed by atoms with Crippen LogP contribution in [-0.4, -0.2) is 17.7 Å². The predicted molar refractivity (Wildman–Crippen MR) is 71.6 cm³/mol. The van der Waals surface area contributed by atoms with E-state index in [0.29, 0.717) is 12.5 Å². The molecule has 3 heteroatoms. The molecule has 0 aromatic heterocycles. The third-order valence-electron chi connectivity index (χ3n) is 4.64. The Morgan fingerprint density at radius 2 is 2.05 bits per heavy atom. The number of hydrogen-bond donors (Lipinski definition) is 1.